The molecule has 0 radical (unpaired) electrons. The summed E-state index contributed by atoms with van der Waals surface area (Å²) in [5.74, 6) is 0. The van der Waals surface area contributed by atoms with Gasteiger partial charge in [-0.2, -0.15) is 0 Å². The van der Waals surface area contributed by atoms with Crippen molar-refractivity contribution in [3.05, 3.63) is 86.5 Å². The molecule has 0 aromatic heterocycles. The first-order valence-electron chi connectivity index (χ1n) is 22.8. The third-order valence-corrected chi connectivity index (χ3v) is 11.5. The number of aryl methyl sites for hydroxylation is 4. The van der Waals surface area contributed by atoms with Crippen LogP contribution in [0.1, 0.15) is 216 Å². The monoisotopic (exact) mass is 849 g/mol. The maximum atomic E-state index is 12.5. The summed E-state index contributed by atoms with van der Waals surface area (Å²) in [5, 5.41) is 0. The Morgan fingerprint density at radius 2 is 0.691 bits per heavy atom. The number of benzene rings is 2. The van der Waals surface area contributed by atoms with Gasteiger partial charge in [0.2, 0.25) is 11.4 Å². The Morgan fingerprint density at radius 1 is 0.400 bits per heavy atom. The zero-order chi connectivity index (χ0) is 40.1. The van der Waals surface area contributed by atoms with Gasteiger partial charge in [-0.25, -0.2) is 4.70 Å². The van der Waals surface area contributed by atoms with Gasteiger partial charge in [0.25, 0.3) is 0 Å². The summed E-state index contributed by atoms with van der Waals surface area (Å²) < 4.78 is 10.7. The third kappa shape index (κ3) is 18.5. The standard InChI is InChI=1S/C48H76N2.2CH3O.Pd/c1-7-13-19-21-23-25-29-41-34-42(30-26-24-22-20-14-8-2)38-44(37-41)48-46(32-18-12-6)45(31-17-11-5)47(50(48)49)43-35-39(27-15-9-3)33-40(36-43)28-16-10-4;2*1-2;/h33-38H,7-32H2,1-6H3;2*1H3;/q;2*-1;+2. The molecular formula is C50H82N2O2Pd. The summed E-state index contributed by atoms with van der Waals surface area (Å²) in [4.78, 5) is 0. The van der Waals surface area contributed by atoms with Crippen LogP contribution in [0.5, 0.6) is 0 Å². The molecule has 5 heteroatoms. The van der Waals surface area contributed by atoms with Gasteiger partial charge < -0.3 is 5.53 Å². The first-order chi connectivity index (χ1) is 26.9. The summed E-state index contributed by atoms with van der Waals surface area (Å²) in [6.45, 7) is 13.8. The van der Waals surface area contributed by atoms with Crippen molar-refractivity contribution in [3.8, 4) is 0 Å². The summed E-state index contributed by atoms with van der Waals surface area (Å²) in [7, 11) is 3.22. The van der Waals surface area contributed by atoms with Gasteiger partial charge in [0.15, 0.2) is 0 Å². The van der Waals surface area contributed by atoms with Gasteiger partial charge in [0, 0.05) is 22.3 Å². The molecule has 0 bridgehead atoms. The SMILES string of the molecule is CCCCCCCCc1cc(CCCCCCCC)cc(C2=C(CCCC)C(CCCC)=C(c3cc(CCCC)cc(CCCC)c3)[N+]2=[N-])c1.C[O][Pd][O]C. The van der Waals surface area contributed by atoms with Gasteiger partial charge in [0.1, 0.15) is 0 Å². The number of allylic oxidation sites excluding steroid dienone is 2. The molecule has 0 amide bonds. The minimum absolute atomic E-state index is 0.0444. The van der Waals surface area contributed by atoms with E-state index < -0.39 is 0 Å². The van der Waals surface area contributed by atoms with Gasteiger partial charge in [0.05, 0.1) is 0 Å². The summed E-state index contributed by atoms with van der Waals surface area (Å²) in [6.07, 6.45) is 31.9. The number of hydrogen-bond acceptors (Lipinski definition) is 2. The van der Waals surface area contributed by atoms with Crippen molar-refractivity contribution < 1.29 is 30.3 Å². The van der Waals surface area contributed by atoms with E-state index in [4.69, 9.17) is 0 Å². The van der Waals surface area contributed by atoms with Gasteiger partial charge in [-0.15, -0.1) is 0 Å². The zero-order valence-corrected chi connectivity index (χ0v) is 38.4. The van der Waals surface area contributed by atoms with E-state index in [1.807, 2.05) is 0 Å². The van der Waals surface area contributed by atoms with Crippen LogP contribution in [0.4, 0.5) is 0 Å². The van der Waals surface area contributed by atoms with Crippen molar-refractivity contribution in [2.45, 2.75) is 208 Å². The average Bonchev–Trinajstić information content (AvgIpc) is 3.47. The molecule has 55 heavy (non-hydrogen) atoms. The molecule has 1 aliphatic heterocycles. The molecule has 0 unspecified atom stereocenters. The van der Waals surface area contributed by atoms with Gasteiger partial charge in [-0.1, -0.05) is 144 Å². The van der Waals surface area contributed by atoms with E-state index in [-0.39, 0.29) is 18.7 Å². The molecule has 2 aromatic rings. The normalized spacial score (nSPS) is 13.0. The second-order valence-corrected chi connectivity index (χ2v) is 17.3. The van der Waals surface area contributed by atoms with Crippen LogP contribution in [0.2, 0.25) is 0 Å². The summed E-state index contributed by atoms with van der Waals surface area (Å²) >= 11 is 0.0444. The van der Waals surface area contributed by atoms with Crippen LogP contribution in [0.3, 0.4) is 0 Å². The third-order valence-electron chi connectivity index (χ3n) is 11.0. The van der Waals surface area contributed by atoms with Crippen molar-refractivity contribution in [2.24, 2.45) is 0 Å². The molecule has 0 saturated carbocycles. The van der Waals surface area contributed by atoms with E-state index in [9.17, 15) is 5.53 Å². The zero-order valence-electron chi connectivity index (χ0n) is 36.9. The predicted molar refractivity (Wildman–Crippen MR) is 235 cm³/mol. The van der Waals surface area contributed by atoms with Crippen molar-refractivity contribution in [2.75, 3.05) is 14.2 Å². The van der Waals surface area contributed by atoms with Gasteiger partial charge in [-0.3, -0.25) is 0 Å². The predicted octanol–water partition coefficient (Wildman–Crippen LogP) is 15.9. The minimum atomic E-state index is 0.0444. The Labute approximate surface area is 349 Å². The van der Waals surface area contributed by atoms with E-state index >= 15 is 0 Å². The molecule has 1 heterocycles. The molecule has 1 aliphatic rings. The second-order valence-electron chi connectivity index (χ2n) is 15.8. The van der Waals surface area contributed by atoms with E-state index in [0.29, 0.717) is 0 Å². The molecule has 3 rings (SSSR count). The Bertz CT molecular complexity index is 1350. The van der Waals surface area contributed by atoms with Crippen molar-refractivity contribution >= 4 is 11.4 Å². The molecular weight excluding hydrogens is 767 g/mol. The Hall–Kier alpha value is -1.90. The number of nitrogens with zero attached hydrogens (tertiary/aromatic N) is 2. The van der Waals surface area contributed by atoms with E-state index in [0.717, 1.165) is 75.6 Å². The Balaban J connectivity index is 0.00000196. The maximum absolute atomic E-state index is 12.5. The van der Waals surface area contributed by atoms with Gasteiger partial charge >= 0.3 is 39.9 Å². The number of rotatable bonds is 30. The Kier molecular flexibility index (Phi) is 27.9. The molecule has 4 nitrogen and oxygen atoms in total. The fourth-order valence-electron chi connectivity index (χ4n) is 7.90. The van der Waals surface area contributed by atoms with Gasteiger partial charge in [-0.05, 0) is 124 Å². The molecule has 314 valence electrons. The second kappa shape index (κ2) is 31.1. The van der Waals surface area contributed by atoms with E-state index in [2.05, 4.69) is 84.9 Å². The first-order valence-corrected chi connectivity index (χ1v) is 24.1. The quantitative estimate of drug-likeness (QED) is 0.0446. The molecule has 0 atom stereocenters. The van der Waals surface area contributed by atoms with Crippen LogP contribution in [-0.2, 0) is 51.3 Å². The summed E-state index contributed by atoms with van der Waals surface area (Å²) in [6, 6.07) is 14.7. The van der Waals surface area contributed by atoms with E-state index in [1.54, 1.807) is 18.9 Å². The van der Waals surface area contributed by atoms with Crippen LogP contribution in [0.15, 0.2) is 47.5 Å². The molecule has 0 fully saturated rings. The Morgan fingerprint density at radius 3 is 1.00 bits per heavy atom. The van der Waals surface area contributed by atoms with Crippen molar-refractivity contribution in [1.29, 1.82) is 0 Å². The van der Waals surface area contributed by atoms with Crippen LogP contribution >= 0.6 is 0 Å². The molecule has 0 N–H and O–H groups in total. The fourth-order valence-corrected chi connectivity index (χ4v) is 8.16. The first kappa shape index (κ1) is 49.2. The number of hydrogen-bond donors (Lipinski definition) is 0. The number of unbranched alkanes of at least 4 members (excludes halogenated alkanes) is 14. The summed E-state index contributed by atoms with van der Waals surface area (Å²) in [5.41, 5.74) is 25.7. The molecule has 0 spiro atoms. The average molecular weight is 850 g/mol. The van der Waals surface area contributed by atoms with Crippen molar-refractivity contribution in [1.82, 2.24) is 0 Å². The van der Waals surface area contributed by atoms with Crippen LogP contribution in [0, 0.1) is 0 Å². The molecule has 0 saturated heterocycles. The van der Waals surface area contributed by atoms with Crippen LogP contribution < -0.4 is 0 Å². The van der Waals surface area contributed by atoms with Crippen LogP contribution in [-0.4, -0.2) is 18.9 Å². The fraction of sp³-hybridized carbons (Fsp3) is 0.680. The van der Waals surface area contributed by atoms with E-state index in [1.165, 1.54) is 147 Å². The van der Waals surface area contributed by atoms with Crippen molar-refractivity contribution in [3.63, 3.8) is 0 Å². The topological polar surface area (TPSA) is 43.8 Å². The molecule has 2 aromatic carbocycles. The van der Waals surface area contributed by atoms with Crippen LogP contribution in [0.25, 0.3) is 16.9 Å². The molecule has 0 aliphatic carbocycles.